The number of methoxy groups -OCH3 is 1. The predicted octanol–water partition coefficient (Wildman–Crippen LogP) is 4.27. The number of aromatic nitrogens is 4. The van der Waals surface area contributed by atoms with Crippen LogP contribution < -0.4 is 10.1 Å². The van der Waals surface area contributed by atoms with Crippen molar-refractivity contribution in [1.29, 1.82) is 0 Å². The summed E-state index contributed by atoms with van der Waals surface area (Å²) >= 11 is 0. The van der Waals surface area contributed by atoms with Gasteiger partial charge in [0.05, 0.1) is 35.9 Å². The number of nitrogens with one attached hydrogen (secondary N) is 1. The summed E-state index contributed by atoms with van der Waals surface area (Å²) in [6.45, 7) is 5.60. The van der Waals surface area contributed by atoms with Gasteiger partial charge in [0.25, 0.3) is 11.9 Å². The van der Waals surface area contributed by atoms with Crippen molar-refractivity contribution in [3.8, 4) is 23.0 Å². The SMILES string of the molecule is COc1ccccc1-c1ccnc(-n2ncc(C(=O)N[C@@H](C)CCCC(C)(C)O)c2C2CC2)n1. The number of aliphatic hydroxyl groups is 1. The zero-order chi connectivity index (χ0) is 24.3. The van der Waals surface area contributed by atoms with Gasteiger partial charge in [-0.1, -0.05) is 12.1 Å². The molecule has 1 amide bonds. The van der Waals surface area contributed by atoms with Crippen LogP contribution in [0.5, 0.6) is 5.75 Å². The van der Waals surface area contributed by atoms with Crippen molar-refractivity contribution in [3.05, 3.63) is 54.0 Å². The Morgan fingerprint density at radius 2 is 2.06 bits per heavy atom. The zero-order valence-corrected chi connectivity index (χ0v) is 20.3. The quantitative estimate of drug-likeness (QED) is 0.465. The average molecular weight is 464 g/mol. The molecule has 0 bridgehead atoms. The third-order valence-corrected chi connectivity index (χ3v) is 6.03. The van der Waals surface area contributed by atoms with E-state index in [0.29, 0.717) is 17.9 Å². The van der Waals surface area contributed by atoms with Crippen molar-refractivity contribution in [1.82, 2.24) is 25.1 Å². The van der Waals surface area contributed by atoms with Gasteiger partial charge in [-0.05, 0) is 71.1 Å². The number of amides is 1. The number of carbonyl (C=O) groups excluding carboxylic acids is 1. The van der Waals surface area contributed by atoms with Gasteiger partial charge in [0.15, 0.2) is 0 Å². The fourth-order valence-corrected chi connectivity index (χ4v) is 4.11. The largest absolute Gasteiger partial charge is 0.496 e. The molecular formula is C26H33N5O3. The van der Waals surface area contributed by atoms with E-state index in [2.05, 4.69) is 15.4 Å². The number of benzene rings is 1. The van der Waals surface area contributed by atoms with E-state index in [-0.39, 0.29) is 17.9 Å². The van der Waals surface area contributed by atoms with Gasteiger partial charge in [-0.2, -0.15) is 5.10 Å². The minimum atomic E-state index is -0.692. The van der Waals surface area contributed by atoms with Gasteiger partial charge in [-0.3, -0.25) is 4.79 Å². The fraction of sp³-hybridized carbons (Fsp3) is 0.462. The van der Waals surface area contributed by atoms with Crippen LogP contribution in [0.2, 0.25) is 0 Å². The summed E-state index contributed by atoms with van der Waals surface area (Å²) in [6, 6.07) is 9.54. The first kappa shape index (κ1) is 23.9. The van der Waals surface area contributed by atoms with Gasteiger partial charge in [0, 0.05) is 23.7 Å². The lowest BCUT2D eigenvalue weighted by molar-refractivity contribution is 0.0674. The van der Waals surface area contributed by atoms with E-state index in [1.54, 1.807) is 38.0 Å². The van der Waals surface area contributed by atoms with Gasteiger partial charge in [-0.25, -0.2) is 14.6 Å². The van der Waals surface area contributed by atoms with Crippen LogP contribution >= 0.6 is 0 Å². The first-order valence-corrected chi connectivity index (χ1v) is 11.8. The molecule has 34 heavy (non-hydrogen) atoms. The summed E-state index contributed by atoms with van der Waals surface area (Å²) in [5, 5.41) is 17.5. The number of hydrogen-bond donors (Lipinski definition) is 2. The highest BCUT2D eigenvalue weighted by Crippen LogP contribution is 2.42. The molecule has 2 N–H and O–H groups in total. The molecule has 180 valence electrons. The Balaban J connectivity index is 1.56. The van der Waals surface area contributed by atoms with Crippen LogP contribution in [0.4, 0.5) is 0 Å². The summed E-state index contributed by atoms with van der Waals surface area (Å²) in [4.78, 5) is 22.3. The highest BCUT2D eigenvalue weighted by molar-refractivity contribution is 5.95. The topological polar surface area (TPSA) is 102 Å². The Kier molecular flexibility index (Phi) is 6.97. The van der Waals surface area contributed by atoms with Crippen LogP contribution in [0.25, 0.3) is 17.2 Å². The zero-order valence-electron chi connectivity index (χ0n) is 20.3. The van der Waals surface area contributed by atoms with E-state index in [9.17, 15) is 9.90 Å². The summed E-state index contributed by atoms with van der Waals surface area (Å²) in [6.07, 6.45) is 7.67. The van der Waals surface area contributed by atoms with E-state index in [1.807, 2.05) is 37.3 Å². The average Bonchev–Trinajstić information content (AvgIpc) is 3.55. The molecule has 8 nitrogen and oxygen atoms in total. The third kappa shape index (κ3) is 5.62. The molecule has 3 aromatic rings. The van der Waals surface area contributed by atoms with Crippen LogP contribution in [0.15, 0.2) is 42.7 Å². The second-order valence-electron chi connectivity index (χ2n) is 9.65. The molecule has 1 saturated carbocycles. The molecule has 0 aliphatic heterocycles. The first-order chi connectivity index (χ1) is 16.3. The lowest BCUT2D eigenvalue weighted by Gasteiger charge is -2.19. The van der Waals surface area contributed by atoms with Gasteiger partial charge in [0.2, 0.25) is 0 Å². The van der Waals surface area contributed by atoms with Gasteiger partial charge < -0.3 is 15.2 Å². The third-order valence-electron chi connectivity index (χ3n) is 6.03. The van der Waals surface area contributed by atoms with Crippen molar-refractivity contribution < 1.29 is 14.6 Å². The van der Waals surface area contributed by atoms with Crippen molar-refractivity contribution in [2.45, 2.75) is 70.4 Å². The molecular weight excluding hydrogens is 430 g/mol. The summed E-state index contributed by atoms with van der Waals surface area (Å²) in [7, 11) is 1.64. The fourth-order valence-electron chi connectivity index (χ4n) is 4.11. The van der Waals surface area contributed by atoms with Crippen molar-refractivity contribution in [2.75, 3.05) is 7.11 Å². The molecule has 0 spiro atoms. The highest BCUT2D eigenvalue weighted by Gasteiger charge is 2.34. The van der Waals surface area contributed by atoms with Crippen LogP contribution in [0.3, 0.4) is 0 Å². The van der Waals surface area contributed by atoms with Crippen molar-refractivity contribution >= 4 is 5.91 Å². The van der Waals surface area contributed by atoms with E-state index < -0.39 is 5.60 Å². The standard InChI is InChI=1S/C26H33N5O3/c1-17(8-7-14-26(2,3)33)29-24(32)20-16-28-31(23(20)18-11-12-18)25-27-15-13-21(30-25)19-9-5-6-10-22(19)34-4/h5-6,9-10,13,15-18,33H,7-8,11-12,14H2,1-4H3,(H,29,32)/t17-/m0/s1. The van der Waals surface area contributed by atoms with E-state index in [4.69, 9.17) is 9.72 Å². The number of hydrogen-bond acceptors (Lipinski definition) is 6. The van der Waals surface area contributed by atoms with Gasteiger partial charge in [-0.15, -0.1) is 0 Å². The monoisotopic (exact) mass is 463 g/mol. The molecule has 0 saturated heterocycles. The Morgan fingerprint density at radius 3 is 2.76 bits per heavy atom. The van der Waals surface area contributed by atoms with Crippen LogP contribution in [0.1, 0.15) is 74.8 Å². The molecule has 0 unspecified atom stereocenters. The maximum atomic E-state index is 13.1. The number of para-hydroxylation sites is 1. The molecule has 2 aromatic heterocycles. The molecule has 1 aromatic carbocycles. The molecule has 0 radical (unpaired) electrons. The Hall–Kier alpha value is -3.26. The van der Waals surface area contributed by atoms with E-state index >= 15 is 0 Å². The molecule has 1 aliphatic carbocycles. The number of ether oxygens (including phenoxy) is 1. The predicted molar refractivity (Wildman–Crippen MR) is 130 cm³/mol. The maximum absolute atomic E-state index is 13.1. The minimum Gasteiger partial charge on any atom is -0.496 e. The second-order valence-corrected chi connectivity index (χ2v) is 9.65. The van der Waals surface area contributed by atoms with Crippen molar-refractivity contribution in [2.24, 2.45) is 0 Å². The first-order valence-electron chi connectivity index (χ1n) is 11.8. The molecule has 4 rings (SSSR count). The Morgan fingerprint density at radius 1 is 1.29 bits per heavy atom. The summed E-state index contributed by atoms with van der Waals surface area (Å²) in [5.74, 6) is 1.30. The lowest BCUT2D eigenvalue weighted by Crippen LogP contribution is -2.33. The molecule has 1 atom stereocenters. The molecule has 1 fully saturated rings. The maximum Gasteiger partial charge on any atom is 0.254 e. The molecule has 8 heteroatoms. The van der Waals surface area contributed by atoms with Crippen LogP contribution in [-0.4, -0.2) is 49.5 Å². The van der Waals surface area contributed by atoms with Gasteiger partial charge >= 0.3 is 0 Å². The summed E-state index contributed by atoms with van der Waals surface area (Å²) < 4.78 is 7.19. The van der Waals surface area contributed by atoms with Gasteiger partial charge in [0.1, 0.15) is 5.75 Å². The Bertz CT molecular complexity index is 1150. The smallest absolute Gasteiger partial charge is 0.254 e. The molecule has 2 heterocycles. The molecule has 1 aliphatic rings. The normalized spacial score (nSPS) is 14.6. The second kappa shape index (κ2) is 9.93. The van der Waals surface area contributed by atoms with Crippen LogP contribution in [-0.2, 0) is 0 Å². The number of nitrogens with zero attached hydrogens (tertiary/aromatic N) is 4. The van der Waals surface area contributed by atoms with E-state index in [0.717, 1.165) is 48.4 Å². The van der Waals surface area contributed by atoms with E-state index in [1.165, 1.54) is 0 Å². The number of carbonyl (C=O) groups is 1. The van der Waals surface area contributed by atoms with Crippen LogP contribution in [0, 0.1) is 0 Å². The minimum absolute atomic E-state index is 0.00428. The van der Waals surface area contributed by atoms with Crippen molar-refractivity contribution in [3.63, 3.8) is 0 Å². The Labute approximate surface area is 200 Å². The lowest BCUT2D eigenvalue weighted by atomic mass is 9.99. The summed E-state index contributed by atoms with van der Waals surface area (Å²) in [5.41, 5.74) is 2.33. The number of rotatable bonds is 10. The highest BCUT2D eigenvalue weighted by atomic mass is 16.5.